The van der Waals surface area contributed by atoms with E-state index in [4.69, 9.17) is 16.3 Å². The predicted molar refractivity (Wildman–Crippen MR) is 124 cm³/mol. The summed E-state index contributed by atoms with van der Waals surface area (Å²) in [6.45, 7) is 1.32. The fourth-order valence-corrected chi connectivity index (χ4v) is 5.70. The largest absolute Gasteiger partial charge is 0.486 e. The first-order chi connectivity index (χ1) is 14.2. The highest BCUT2D eigenvalue weighted by Gasteiger charge is 2.08. The van der Waals surface area contributed by atoms with Crippen molar-refractivity contribution in [3.63, 3.8) is 0 Å². The first kappa shape index (κ1) is 20.6. The quantitative estimate of drug-likeness (QED) is 0.271. The Morgan fingerprint density at radius 2 is 2.00 bits per heavy atom. The first-order valence-corrected chi connectivity index (χ1v) is 12.7. The molecule has 3 heterocycles. The zero-order valence-corrected chi connectivity index (χ0v) is 19.2. The van der Waals surface area contributed by atoms with Gasteiger partial charge in [-0.1, -0.05) is 40.8 Å². The van der Waals surface area contributed by atoms with Crippen LogP contribution in [0, 0.1) is 0 Å². The summed E-state index contributed by atoms with van der Waals surface area (Å²) in [5, 5.41) is 18.5. The fraction of sp³-hybridized carbons (Fsp3) is 0.211. The van der Waals surface area contributed by atoms with E-state index in [2.05, 4.69) is 43.4 Å². The van der Waals surface area contributed by atoms with Gasteiger partial charge in [0, 0.05) is 27.6 Å². The highest BCUT2D eigenvalue weighted by atomic mass is 35.5. The van der Waals surface area contributed by atoms with E-state index in [1.807, 2.05) is 24.3 Å². The normalized spacial score (nSPS) is 10.9. The minimum absolute atomic E-state index is 0.452. The highest BCUT2D eigenvalue weighted by Crippen LogP contribution is 2.29. The van der Waals surface area contributed by atoms with E-state index in [1.165, 1.54) is 4.88 Å². The van der Waals surface area contributed by atoms with Gasteiger partial charge in [-0.2, -0.15) is 0 Å². The van der Waals surface area contributed by atoms with E-state index >= 15 is 0 Å². The monoisotopic (exact) mass is 480 g/mol. The maximum absolute atomic E-state index is 5.88. The molecule has 3 aromatic heterocycles. The van der Waals surface area contributed by atoms with Crippen LogP contribution in [0.2, 0.25) is 5.02 Å². The molecule has 0 aliphatic carbocycles. The van der Waals surface area contributed by atoms with Crippen LogP contribution < -0.4 is 10.1 Å². The lowest BCUT2D eigenvalue weighted by molar-refractivity contribution is 0.305. The molecule has 29 heavy (non-hydrogen) atoms. The van der Waals surface area contributed by atoms with Crippen molar-refractivity contribution in [2.45, 2.75) is 23.1 Å². The zero-order chi connectivity index (χ0) is 19.9. The number of halogens is 1. The number of anilines is 1. The molecule has 0 aliphatic rings. The number of hydrogen-bond donors (Lipinski definition) is 1. The third-order valence-corrected chi connectivity index (χ3v) is 7.86. The van der Waals surface area contributed by atoms with Crippen LogP contribution in [0.15, 0.2) is 51.5 Å². The first-order valence-electron chi connectivity index (χ1n) is 8.79. The summed E-state index contributed by atoms with van der Waals surface area (Å²) in [4.78, 5) is 6.00. The number of ether oxygens (including phenoxy) is 1. The Morgan fingerprint density at radius 1 is 1.10 bits per heavy atom. The second-order valence-corrected chi connectivity index (χ2v) is 10.5. The Hall–Kier alpha value is -1.65. The van der Waals surface area contributed by atoms with Crippen molar-refractivity contribution < 1.29 is 4.74 Å². The van der Waals surface area contributed by atoms with Gasteiger partial charge in [0.1, 0.15) is 17.4 Å². The third-order valence-electron chi connectivity index (χ3n) is 3.75. The van der Waals surface area contributed by atoms with Crippen LogP contribution >= 0.6 is 57.4 Å². The number of nitrogens with zero attached hydrogens (tertiary/aromatic N) is 3. The number of hydrogen-bond acceptors (Lipinski definition) is 9. The second kappa shape index (κ2) is 10.4. The maximum Gasteiger partial charge on any atom is 0.206 e. The van der Waals surface area contributed by atoms with Gasteiger partial charge >= 0.3 is 0 Å². The number of benzene rings is 1. The standard InChI is InChI=1S/C19H17ClN4OS4/c20-13-3-5-15(6-4-13)25-10-17-22-14(11-27-17)12-28-19-24-23-18(29-19)21-8-7-16-2-1-9-26-16/h1-6,9,11H,7-8,10,12H2,(H,21,23). The van der Waals surface area contributed by atoms with Gasteiger partial charge in [-0.15, -0.1) is 32.9 Å². The second-order valence-electron chi connectivity index (χ2n) is 5.89. The average Bonchev–Trinajstić information content (AvgIpc) is 3.49. The van der Waals surface area contributed by atoms with Crippen LogP contribution in [-0.4, -0.2) is 21.7 Å². The third kappa shape index (κ3) is 6.42. The summed E-state index contributed by atoms with van der Waals surface area (Å²) < 4.78 is 6.69. The lowest BCUT2D eigenvalue weighted by Crippen LogP contribution is -2.03. The van der Waals surface area contributed by atoms with Gasteiger partial charge < -0.3 is 10.1 Å². The van der Waals surface area contributed by atoms with Crippen LogP contribution in [0.4, 0.5) is 5.13 Å². The molecule has 0 radical (unpaired) electrons. The number of aromatic nitrogens is 3. The summed E-state index contributed by atoms with van der Waals surface area (Å²) >= 11 is 12.5. The molecular formula is C19H17ClN4OS4. The van der Waals surface area contributed by atoms with Crippen LogP contribution in [0.3, 0.4) is 0 Å². The number of thioether (sulfide) groups is 1. The predicted octanol–water partition coefficient (Wildman–Crippen LogP) is 6.24. The Bertz CT molecular complexity index is 1020. The lowest BCUT2D eigenvalue weighted by atomic mass is 10.3. The molecular weight excluding hydrogens is 464 g/mol. The van der Waals surface area contributed by atoms with E-state index < -0.39 is 0 Å². The van der Waals surface area contributed by atoms with E-state index in [0.717, 1.165) is 44.6 Å². The molecule has 1 N–H and O–H groups in total. The molecule has 150 valence electrons. The molecule has 4 aromatic rings. The van der Waals surface area contributed by atoms with Gasteiger partial charge in [0.15, 0.2) is 4.34 Å². The Kier molecular flexibility index (Phi) is 7.39. The van der Waals surface area contributed by atoms with Crippen LogP contribution in [0.5, 0.6) is 5.75 Å². The molecule has 0 fully saturated rings. The molecule has 0 spiro atoms. The van der Waals surface area contributed by atoms with Crippen molar-refractivity contribution in [2.24, 2.45) is 0 Å². The van der Waals surface area contributed by atoms with E-state index in [0.29, 0.717) is 11.6 Å². The maximum atomic E-state index is 5.88. The van der Waals surface area contributed by atoms with Gasteiger partial charge in [-0.05, 0) is 42.1 Å². The molecule has 0 bridgehead atoms. The van der Waals surface area contributed by atoms with Crippen molar-refractivity contribution in [1.82, 2.24) is 15.2 Å². The number of thiophene rings is 1. The van der Waals surface area contributed by atoms with Gasteiger partial charge in [-0.25, -0.2) is 4.98 Å². The van der Waals surface area contributed by atoms with Crippen LogP contribution in [0.25, 0.3) is 0 Å². The van der Waals surface area contributed by atoms with Crippen molar-refractivity contribution in [3.8, 4) is 5.75 Å². The van der Waals surface area contributed by atoms with Gasteiger partial charge in [-0.3, -0.25) is 0 Å². The summed E-state index contributed by atoms with van der Waals surface area (Å²) in [5.41, 5.74) is 1.03. The zero-order valence-electron chi connectivity index (χ0n) is 15.2. The van der Waals surface area contributed by atoms with Gasteiger partial charge in [0.25, 0.3) is 0 Å². The van der Waals surface area contributed by atoms with E-state index in [9.17, 15) is 0 Å². The summed E-state index contributed by atoms with van der Waals surface area (Å²) in [7, 11) is 0. The Labute approximate surface area is 190 Å². The molecule has 0 unspecified atom stereocenters. The number of nitrogens with one attached hydrogen (secondary N) is 1. The molecule has 1 aromatic carbocycles. The average molecular weight is 481 g/mol. The topological polar surface area (TPSA) is 59.9 Å². The van der Waals surface area contributed by atoms with Crippen molar-refractivity contribution in [2.75, 3.05) is 11.9 Å². The van der Waals surface area contributed by atoms with Gasteiger partial charge in [0.05, 0.1) is 5.69 Å². The smallest absolute Gasteiger partial charge is 0.206 e. The van der Waals surface area contributed by atoms with Crippen molar-refractivity contribution in [1.29, 1.82) is 0 Å². The fourth-order valence-electron chi connectivity index (χ4n) is 2.38. The minimum atomic E-state index is 0.452. The highest BCUT2D eigenvalue weighted by molar-refractivity contribution is 8.00. The van der Waals surface area contributed by atoms with Gasteiger partial charge in [0.2, 0.25) is 5.13 Å². The minimum Gasteiger partial charge on any atom is -0.486 e. The molecule has 0 amide bonds. The van der Waals surface area contributed by atoms with Crippen molar-refractivity contribution in [3.05, 3.63) is 67.8 Å². The SMILES string of the molecule is Clc1ccc(OCc2nc(CSc3nnc(NCCc4cccs4)s3)cs2)cc1. The van der Waals surface area contributed by atoms with Crippen LogP contribution in [0.1, 0.15) is 15.6 Å². The molecule has 5 nitrogen and oxygen atoms in total. The summed E-state index contributed by atoms with van der Waals surface area (Å²) in [6.07, 6.45) is 0.999. The molecule has 0 atom stereocenters. The molecule has 0 saturated carbocycles. The molecule has 0 saturated heterocycles. The van der Waals surface area contributed by atoms with E-state index in [1.54, 1.807) is 45.8 Å². The molecule has 0 aliphatic heterocycles. The summed E-state index contributed by atoms with van der Waals surface area (Å²) in [5.74, 6) is 1.55. The Balaban J connectivity index is 1.20. The number of rotatable bonds is 10. The molecule has 10 heteroatoms. The van der Waals surface area contributed by atoms with Crippen LogP contribution in [-0.2, 0) is 18.8 Å². The molecule has 4 rings (SSSR count). The van der Waals surface area contributed by atoms with E-state index in [-0.39, 0.29) is 0 Å². The number of thiazole rings is 1. The van der Waals surface area contributed by atoms with Crippen molar-refractivity contribution >= 4 is 62.5 Å². The Morgan fingerprint density at radius 3 is 2.83 bits per heavy atom. The summed E-state index contributed by atoms with van der Waals surface area (Å²) in [6, 6.07) is 11.6. The lowest BCUT2D eigenvalue weighted by Gasteiger charge is -2.03.